The minimum absolute atomic E-state index is 0.200. The van der Waals surface area contributed by atoms with Crippen molar-refractivity contribution in [2.75, 3.05) is 0 Å². The fourth-order valence-corrected chi connectivity index (χ4v) is 1.35. The van der Waals surface area contributed by atoms with Gasteiger partial charge in [-0.2, -0.15) is 0 Å². The molecule has 0 aromatic carbocycles. The van der Waals surface area contributed by atoms with E-state index >= 15 is 0 Å². The Labute approximate surface area is 85.2 Å². The molecule has 0 aromatic heterocycles. The molecule has 14 heavy (non-hydrogen) atoms. The molecule has 0 unspecified atom stereocenters. The minimum atomic E-state index is -0.431. The van der Waals surface area contributed by atoms with Crippen molar-refractivity contribution in [3.8, 4) is 12.3 Å². The number of nitrogens with one attached hydrogen (secondary N) is 1. The van der Waals surface area contributed by atoms with Gasteiger partial charge >= 0.3 is 6.09 Å². The Kier molecular flexibility index (Phi) is 3.05. The molecule has 1 amide bonds. The van der Waals surface area contributed by atoms with Crippen LogP contribution in [0.2, 0.25) is 0 Å². The van der Waals surface area contributed by atoms with Crippen molar-refractivity contribution < 1.29 is 9.53 Å². The summed E-state index contributed by atoms with van der Waals surface area (Å²) in [6, 6.07) is 0.200. The second kappa shape index (κ2) is 3.91. The number of carbonyl (C=O) groups is 1. The summed E-state index contributed by atoms with van der Waals surface area (Å²) in [7, 11) is 0. The number of ether oxygens (including phenoxy) is 1. The summed E-state index contributed by atoms with van der Waals surface area (Å²) in [5.74, 6) is 2.99. The van der Waals surface area contributed by atoms with E-state index in [2.05, 4.69) is 11.2 Å². The Hall–Kier alpha value is -1.17. The highest BCUT2D eigenvalue weighted by Gasteiger charge is 2.30. The van der Waals surface area contributed by atoms with Gasteiger partial charge in [0.15, 0.2) is 0 Å². The van der Waals surface area contributed by atoms with Crippen LogP contribution in [0.25, 0.3) is 0 Å². The van der Waals surface area contributed by atoms with Gasteiger partial charge in [-0.3, -0.25) is 0 Å². The molecule has 1 N–H and O–H groups in total. The van der Waals surface area contributed by atoms with E-state index in [1.54, 1.807) is 0 Å². The average molecular weight is 195 g/mol. The predicted molar refractivity (Wildman–Crippen MR) is 54.7 cm³/mol. The van der Waals surface area contributed by atoms with Crippen LogP contribution in [0.15, 0.2) is 0 Å². The summed E-state index contributed by atoms with van der Waals surface area (Å²) in [6.45, 7) is 5.53. The normalized spacial score (nSPS) is 25.9. The molecule has 1 saturated carbocycles. The summed E-state index contributed by atoms with van der Waals surface area (Å²) < 4.78 is 5.11. The van der Waals surface area contributed by atoms with E-state index in [0.29, 0.717) is 5.92 Å². The molecule has 1 aliphatic carbocycles. The van der Waals surface area contributed by atoms with Crippen molar-refractivity contribution >= 4 is 6.09 Å². The molecule has 1 rings (SSSR count). The highest BCUT2D eigenvalue weighted by molar-refractivity contribution is 5.68. The van der Waals surface area contributed by atoms with E-state index in [4.69, 9.17) is 11.2 Å². The van der Waals surface area contributed by atoms with Crippen molar-refractivity contribution in [1.82, 2.24) is 5.32 Å². The largest absolute Gasteiger partial charge is 0.444 e. The highest BCUT2D eigenvalue weighted by atomic mass is 16.6. The average Bonchev–Trinajstić information content (AvgIpc) is 1.91. The molecule has 0 heterocycles. The maximum Gasteiger partial charge on any atom is 0.407 e. The van der Waals surface area contributed by atoms with Gasteiger partial charge in [-0.25, -0.2) is 4.79 Å². The number of terminal acetylenes is 1. The van der Waals surface area contributed by atoms with Crippen molar-refractivity contribution in [2.24, 2.45) is 5.92 Å². The Morgan fingerprint density at radius 2 is 2.07 bits per heavy atom. The quantitative estimate of drug-likeness (QED) is 0.649. The van der Waals surface area contributed by atoms with Gasteiger partial charge in [0.25, 0.3) is 0 Å². The topological polar surface area (TPSA) is 38.3 Å². The summed E-state index contributed by atoms with van der Waals surface area (Å²) in [5.41, 5.74) is -0.431. The summed E-state index contributed by atoms with van der Waals surface area (Å²) in [4.78, 5) is 11.3. The van der Waals surface area contributed by atoms with Crippen molar-refractivity contribution in [3.05, 3.63) is 0 Å². The van der Waals surface area contributed by atoms with Crippen LogP contribution >= 0.6 is 0 Å². The number of hydrogen-bond donors (Lipinski definition) is 1. The van der Waals surface area contributed by atoms with Gasteiger partial charge in [0.1, 0.15) is 5.60 Å². The summed E-state index contributed by atoms with van der Waals surface area (Å²) >= 11 is 0. The lowest BCUT2D eigenvalue weighted by atomic mass is 9.81. The lowest BCUT2D eigenvalue weighted by molar-refractivity contribution is 0.0467. The van der Waals surface area contributed by atoms with Crippen LogP contribution < -0.4 is 5.32 Å². The van der Waals surface area contributed by atoms with Crippen molar-refractivity contribution in [3.63, 3.8) is 0 Å². The first-order valence-electron chi connectivity index (χ1n) is 4.86. The van der Waals surface area contributed by atoms with E-state index in [9.17, 15) is 4.79 Å². The highest BCUT2D eigenvalue weighted by Crippen LogP contribution is 2.26. The number of hydrogen-bond acceptors (Lipinski definition) is 2. The molecule has 3 nitrogen and oxygen atoms in total. The van der Waals surface area contributed by atoms with Gasteiger partial charge in [0, 0.05) is 12.0 Å². The van der Waals surface area contributed by atoms with Crippen LogP contribution in [0.1, 0.15) is 33.6 Å². The van der Waals surface area contributed by atoms with Gasteiger partial charge < -0.3 is 10.1 Å². The lowest BCUT2D eigenvalue weighted by Crippen LogP contribution is -2.45. The first-order chi connectivity index (χ1) is 6.40. The minimum Gasteiger partial charge on any atom is -0.444 e. The molecular weight excluding hydrogens is 178 g/mol. The number of rotatable bonds is 1. The Balaban J connectivity index is 2.21. The van der Waals surface area contributed by atoms with Gasteiger partial charge in [-0.1, -0.05) is 0 Å². The Bertz CT molecular complexity index is 253. The SMILES string of the molecule is C#C[C@H]1C[C@@H](NC(=O)OC(C)(C)C)C1. The first-order valence-corrected chi connectivity index (χ1v) is 4.86. The second-order valence-electron chi connectivity index (χ2n) is 4.68. The van der Waals surface area contributed by atoms with Gasteiger partial charge in [-0.05, 0) is 33.6 Å². The molecule has 78 valence electrons. The maximum atomic E-state index is 11.3. The van der Waals surface area contributed by atoms with Crippen LogP contribution in [-0.2, 0) is 4.74 Å². The third kappa shape index (κ3) is 3.29. The van der Waals surface area contributed by atoms with Crippen LogP contribution in [0, 0.1) is 18.3 Å². The molecule has 0 bridgehead atoms. The Morgan fingerprint density at radius 1 is 1.50 bits per heavy atom. The number of amides is 1. The third-order valence-electron chi connectivity index (χ3n) is 2.09. The maximum absolute atomic E-state index is 11.3. The number of alkyl carbamates (subject to hydrolysis) is 1. The Morgan fingerprint density at radius 3 is 2.50 bits per heavy atom. The van der Waals surface area contributed by atoms with E-state index in [1.165, 1.54) is 0 Å². The van der Waals surface area contributed by atoms with Crippen LogP contribution in [0.4, 0.5) is 4.79 Å². The fourth-order valence-electron chi connectivity index (χ4n) is 1.35. The monoisotopic (exact) mass is 195 g/mol. The van der Waals surface area contributed by atoms with Crippen LogP contribution in [-0.4, -0.2) is 17.7 Å². The van der Waals surface area contributed by atoms with Gasteiger partial charge in [-0.15, -0.1) is 12.3 Å². The van der Waals surface area contributed by atoms with Gasteiger partial charge in [0.05, 0.1) is 0 Å². The van der Waals surface area contributed by atoms with E-state index < -0.39 is 5.60 Å². The molecule has 0 aromatic rings. The zero-order valence-electron chi connectivity index (χ0n) is 8.96. The zero-order valence-corrected chi connectivity index (χ0v) is 8.96. The van der Waals surface area contributed by atoms with Crippen LogP contribution in [0.5, 0.6) is 0 Å². The molecule has 0 spiro atoms. The molecular formula is C11H17NO2. The molecule has 3 heteroatoms. The second-order valence-corrected chi connectivity index (χ2v) is 4.68. The van der Waals surface area contributed by atoms with Gasteiger partial charge in [0.2, 0.25) is 0 Å². The molecule has 0 saturated heterocycles. The molecule has 1 fully saturated rings. The predicted octanol–water partition coefficient (Wildman–Crippen LogP) is 1.92. The smallest absolute Gasteiger partial charge is 0.407 e. The fraction of sp³-hybridized carbons (Fsp3) is 0.727. The third-order valence-corrected chi connectivity index (χ3v) is 2.09. The lowest BCUT2D eigenvalue weighted by Gasteiger charge is -2.33. The van der Waals surface area contributed by atoms with Crippen LogP contribution in [0.3, 0.4) is 0 Å². The standard InChI is InChI=1S/C11H17NO2/c1-5-8-6-9(7-8)12-10(13)14-11(2,3)4/h1,8-9H,6-7H2,2-4H3,(H,12,13)/t8-,9+. The van der Waals surface area contributed by atoms with E-state index in [1.807, 2.05) is 20.8 Å². The first kappa shape index (κ1) is 10.9. The molecule has 0 aliphatic heterocycles. The van der Waals surface area contributed by atoms with Crippen molar-refractivity contribution in [2.45, 2.75) is 45.3 Å². The van der Waals surface area contributed by atoms with Crippen molar-refractivity contribution in [1.29, 1.82) is 0 Å². The summed E-state index contributed by atoms with van der Waals surface area (Å²) in [5, 5.41) is 2.78. The zero-order chi connectivity index (χ0) is 10.8. The molecule has 0 atom stereocenters. The summed E-state index contributed by atoms with van der Waals surface area (Å²) in [6.07, 6.45) is 6.63. The van der Waals surface area contributed by atoms with E-state index in [-0.39, 0.29) is 12.1 Å². The molecule has 0 radical (unpaired) electrons. The number of carbonyl (C=O) groups excluding carboxylic acids is 1. The van der Waals surface area contributed by atoms with E-state index in [0.717, 1.165) is 12.8 Å². The molecule has 1 aliphatic rings.